The van der Waals surface area contributed by atoms with E-state index >= 15 is 0 Å². The van der Waals surface area contributed by atoms with Gasteiger partial charge in [0, 0.05) is 25.7 Å². The van der Waals surface area contributed by atoms with E-state index in [2.05, 4.69) is 48.3 Å². The van der Waals surface area contributed by atoms with Gasteiger partial charge < -0.3 is 10.1 Å². The lowest BCUT2D eigenvalue weighted by Crippen LogP contribution is -2.51. The standard InChI is InChI=1S/C18H28N2O/c1-4-19-18-15-8-6-5-7-14(15)11-16(18)20-10-9-13(2)17(12-20)21-3/h5-8,13,16-19H,4,9-12H2,1-3H3. The Labute approximate surface area is 128 Å². The first-order valence-corrected chi connectivity index (χ1v) is 8.32. The van der Waals surface area contributed by atoms with Gasteiger partial charge in [0.25, 0.3) is 0 Å². The highest BCUT2D eigenvalue weighted by molar-refractivity contribution is 5.37. The highest BCUT2D eigenvalue weighted by atomic mass is 16.5. The smallest absolute Gasteiger partial charge is 0.0724 e. The van der Waals surface area contributed by atoms with Gasteiger partial charge in [-0.3, -0.25) is 4.90 Å². The molecular formula is C18H28N2O. The Morgan fingerprint density at radius 3 is 2.90 bits per heavy atom. The molecule has 0 saturated carbocycles. The summed E-state index contributed by atoms with van der Waals surface area (Å²) in [7, 11) is 1.86. The average molecular weight is 288 g/mol. The van der Waals surface area contributed by atoms with E-state index in [0.717, 1.165) is 13.1 Å². The van der Waals surface area contributed by atoms with E-state index in [0.29, 0.717) is 24.1 Å². The Morgan fingerprint density at radius 1 is 1.33 bits per heavy atom. The van der Waals surface area contributed by atoms with Crippen molar-refractivity contribution in [3.8, 4) is 0 Å². The molecule has 4 unspecified atom stereocenters. The fraction of sp³-hybridized carbons (Fsp3) is 0.667. The van der Waals surface area contributed by atoms with Crippen LogP contribution in [-0.2, 0) is 11.2 Å². The molecule has 1 aromatic rings. The Kier molecular flexibility index (Phi) is 4.63. The normalized spacial score (nSPS) is 33.1. The molecule has 0 amide bonds. The number of nitrogens with one attached hydrogen (secondary N) is 1. The predicted octanol–water partition coefficient (Wildman–Crippen LogP) is 2.62. The zero-order valence-corrected chi connectivity index (χ0v) is 13.5. The van der Waals surface area contributed by atoms with Crippen LogP contribution < -0.4 is 5.32 Å². The lowest BCUT2D eigenvalue weighted by atomic mass is 9.93. The van der Waals surface area contributed by atoms with Gasteiger partial charge in [-0.25, -0.2) is 0 Å². The lowest BCUT2D eigenvalue weighted by Gasteiger charge is -2.41. The Hall–Kier alpha value is -0.900. The number of hydrogen-bond acceptors (Lipinski definition) is 3. The zero-order valence-electron chi connectivity index (χ0n) is 13.5. The Balaban J connectivity index is 1.79. The average Bonchev–Trinajstić information content (AvgIpc) is 2.87. The number of fused-ring (bicyclic) bond motifs is 1. The highest BCUT2D eigenvalue weighted by Crippen LogP contribution is 2.36. The summed E-state index contributed by atoms with van der Waals surface area (Å²) in [5, 5.41) is 3.71. The largest absolute Gasteiger partial charge is 0.380 e. The third kappa shape index (κ3) is 2.87. The molecule has 2 aliphatic rings. The molecule has 1 N–H and O–H groups in total. The van der Waals surface area contributed by atoms with Gasteiger partial charge in [-0.2, -0.15) is 0 Å². The fourth-order valence-electron chi connectivity index (χ4n) is 4.05. The minimum Gasteiger partial charge on any atom is -0.380 e. The molecule has 3 heteroatoms. The first kappa shape index (κ1) is 15.0. The highest BCUT2D eigenvalue weighted by Gasteiger charge is 2.38. The topological polar surface area (TPSA) is 24.5 Å². The summed E-state index contributed by atoms with van der Waals surface area (Å²) in [5.74, 6) is 0.674. The van der Waals surface area contributed by atoms with Crippen molar-refractivity contribution in [2.75, 3.05) is 26.7 Å². The van der Waals surface area contributed by atoms with E-state index in [9.17, 15) is 0 Å². The molecule has 116 valence electrons. The second kappa shape index (κ2) is 6.47. The van der Waals surface area contributed by atoms with Crippen molar-refractivity contribution in [1.82, 2.24) is 10.2 Å². The summed E-state index contributed by atoms with van der Waals surface area (Å²) < 4.78 is 5.70. The SMILES string of the molecule is CCNC1c2ccccc2CC1N1CCC(C)C(OC)C1. The second-order valence-corrected chi connectivity index (χ2v) is 6.54. The van der Waals surface area contributed by atoms with Crippen molar-refractivity contribution >= 4 is 0 Å². The number of likely N-dealkylation sites (tertiary alicyclic amines) is 1. The molecule has 0 bridgehead atoms. The van der Waals surface area contributed by atoms with E-state index in [4.69, 9.17) is 4.74 Å². The van der Waals surface area contributed by atoms with E-state index in [1.54, 1.807) is 0 Å². The van der Waals surface area contributed by atoms with Gasteiger partial charge in [0.15, 0.2) is 0 Å². The number of hydrogen-bond donors (Lipinski definition) is 1. The van der Waals surface area contributed by atoms with Gasteiger partial charge >= 0.3 is 0 Å². The van der Waals surface area contributed by atoms with Crippen molar-refractivity contribution in [1.29, 1.82) is 0 Å². The van der Waals surface area contributed by atoms with Crippen molar-refractivity contribution < 1.29 is 4.74 Å². The second-order valence-electron chi connectivity index (χ2n) is 6.54. The molecule has 1 heterocycles. The van der Waals surface area contributed by atoms with Crippen molar-refractivity contribution in [3.63, 3.8) is 0 Å². The van der Waals surface area contributed by atoms with Crippen LogP contribution in [0.25, 0.3) is 0 Å². The molecule has 21 heavy (non-hydrogen) atoms. The minimum atomic E-state index is 0.379. The summed E-state index contributed by atoms with van der Waals surface area (Å²) >= 11 is 0. The fourth-order valence-corrected chi connectivity index (χ4v) is 4.05. The summed E-state index contributed by atoms with van der Waals surface area (Å²) in [6, 6.07) is 9.97. The molecule has 4 atom stereocenters. The molecule has 1 aromatic carbocycles. The van der Waals surface area contributed by atoms with Gasteiger partial charge in [0.05, 0.1) is 6.10 Å². The molecule has 0 radical (unpaired) electrons. The summed E-state index contributed by atoms with van der Waals surface area (Å²) in [6.07, 6.45) is 2.78. The maximum atomic E-state index is 5.70. The number of benzene rings is 1. The molecule has 1 aliphatic carbocycles. The van der Waals surface area contributed by atoms with E-state index in [1.165, 1.54) is 30.5 Å². The lowest BCUT2D eigenvalue weighted by molar-refractivity contribution is -0.0227. The number of nitrogens with zero attached hydrogens (tertiary/aromatic N) is 1. The minimum absolute atomic E-state index is 0.379. The van der Waals surface area contributed by atoms with Gasteiger partial charge in [0.1, 0.15) is 0 Å². The number of piperidine rings is 1. The summed E-state index contributed by atoms with van der Waals surface area (Å²) in [5.41, 5.74) is 3.01. The maximum Gasteiger partial charge on any atom is 0.0724 e. The monoisotopic (exact) mass is 288 g/mol. The van der Waals surface area contributed by atoms with Crippen LogP contribution in [0, 0.1) is 5.92 Å². The van der Waals surface area contributed by atoms with E-state index in [-0.39, 0.29) is 0 Å². The van der Waals surface area contributed by atoms with Crippen LogP contribution in [0.15, 0.2) is 24.3 Å². The van der Waals surface area contributed by atoms with Crippen molar-refractivity contribution in [2.24, 2.45) is 5.92 Å². The molecule has 1 fully saturated rings. The summed E-state index contributed by atoms with van der Waals surface area (Å²) in [6.45, 7) is 7.80. The Morgan fingerprint density at radius 2 is 2.14 bits per heavy atom. The van der Waals surface area contributed by atoms with Crippen LogP contribution in [0.1, 0.15) is 37.4 Å². The number of methoxy groups -OCH3 is 1. The van der Waals surface area contributed by atoms with Gasteiger partial charge in [-0.15, -0.1) is 0 Å². The molecule has 1 aliphatic heterocycles. The van der Waals surface area contributed by atoms with Gasteiger partial charge in [-0.1, -0.05) is 38.1 Å². The molecule has 0 spiro atoms. The molecule has 3 nitrogen and oxygen atoms in total. The summed E-state index contributed by atoms with van der Waals surface area (Å²) in [4.78, 5) is 2.65. The number of rotatable bonds is 4. The van der Waals surface area contributed by atoms with E-state index in [1.807, 2.05) is 7.11 Å². The quantitative estimate of drug-likeness (QED) is 0.922. The molecule has 3 rings (SSSR count). The van der Waals surface area contributed by atoms with Crippen LogP contribution in [-0.4, -0.2) is 43.8 Å². The van der Waals surface area contributed by atoms with Gasteiger partial charge in [-0.05, 0) is 43.0 Å². The zero-order chi connectivity index (χ0) is 14.8. The Bertz CT molecular complexity index is 476. The van der Waals surface area contributed by atoms with Gasteiger partial charge in [0.2, 0.25) is 0 Å². The van der Waals surface area contributed by atoms with Crippen LogP contribution in [0.4, 0.5) is 0 Å². The predicted molar refractivity (Wildman–Crippen MR) is 86.5 cm³/mol. The first-order chi connectivity index (χ1) is 10.2. The van der Waals surface area contributed by atoms with Crippen LogP contribution >= 0.6 is 0 Å². The van der Waals surface area contributed by atoms with E-state index < -0.39 is 0 Å². The van der Waals surface area contributed by atoms with Crippen molar-refractivity contribution in [2.45, 2.75) is 44.9 Å². The van der Waals surface area contributed by atoms with Crippen molar-refractivity contribution in [3.05, 3.63) is 35.4 Å². The maximum absolute atomic E-state index is 5.70. The number of likely N-dealkylation sites (N-methyl/N-ethyl adjacent to an activating group) is 1. The van der Waals surface area contributed by atoms with Crippen LogP contribution in [0.2, 0.25) is 0 Å². The third-order valence-corrected chi connectivity index (χ3v) is 5.32. The molecule has 0 aromatic heterocycles. The van der Waals surface area contributed by atoms with Crippen LogP contribution in [0.3, 0.4) is 0 Å². The van der Waals surface area contributed by atoms with Crippen LogP contribution in [0.5, 0.6) is 0 Å². The molecule has 1 saturated heterocycles. The first-order valence-electron chi connectivity index (χ1n) is 8.32. The third-order valence-electron chi connectivity index (χ3n) is 5.32. The number of ether oxygens (including phenoxy) is 1. The molecular weight excluding hydrogens is 260 g/mol.